The van der Waals surface area contributed by atoms with E-state index in [1.807, 2.05) is 6.92 Å². The second kappa shape index (κ2) is 7.51. The molecule has 0 atom stereocenters. The predicted octanol–water partition coefficient (Wildman–Crippen LogP) is 2.33. The summed E-state index contributed by atoms with van der Waals surface area (Å²) in [7, 11) is -3.62. The quantitative estimate of drug-likeness (QED) is 0.720. The van der Waals surface area contributed by atoms with E-state index in [4.69, 9.17) is 0 Å². The summed E-state index contributed by atoms with van der Waals surface area (Å²) in [5.41, 5.74) is 0.0206. The van der Waals surface area contributed by atoms with Crippen molar-refractivity contribution in [3.05, 3.63) is 24.3 Å². The number of hydrogen-bond donors (Lipinski definition) is 2. The SMILES string of the molecule is CCCNCCS(=O)(=O)Nc1cccc(OC(F)(F)F)c1. The Balaban J connectivity index is 2.63. The van der Waals surface area contributed by atoms with Crippen LogP contribution in [0.4, 0.5) is 18.9 Å². The minimum Gasteiger partial charge on any atom is -0.406 e. The molecule has 0 heterocycles. The number of halogens is 3. The Morgan fingerprint density at radius 2 is 1.95 bits per heavy atom. The molecule has 1 aromatic rings. The monoisotopic (exact) mass is 326 g/mol. The fraction of sp³-hybridized carbons (Fsp3) is 0.500. The zero-order valence-corrected chi connectivity index (χ0v) is 12.2. The second-order valence-corrected chi connectivity index (χ2v) is 6.09. The van der Waals surface area contributed by atoms with Gasteiger partial charge in [0.15, 0.2) is 0 Å². The maximum Gasteiger partial charge on any atom is 0.573 e. The minimum absolute atomic E-state index is 0.0206. The molecular formula is C12H17F3N2O3S. The fourth-order valence-corrected chi connectivity index (χ4v) is 2.50. The highest BCUT2D eigenvalue weighted by molar-refractivity contribution is 7.92. The van der Waals surface area contributed by atoms with Crippen LogP contribution in [0.1, 0.15) is 13.3 Å². The van der Waals surface area contributed by atoms with Crippen molar-refractivity contribution in [2.24, 2.45) is 0 Å². The van der Waals surface area contributed by atoms with Crippen molar-refractivity contribution in [3.8, 4) is 5.75 Å². The number of hydrogen-bond acceptors (Lipinski definition) is 4. The summed E-state index contributed by atoms with van der Waals surface area (Å²) in [6.07, 6.45) is -3.94. The maximum atomic E-state index is 12.1. The molecule has 1 rings (SSSR count). The summed E-state index contributed by atoms with van der Waals surface area (Å²) < 4.78 is 65.7. The highest BCUT2D eigenvalue weighted by Crippen LogP contribution is 2.25. The van der Waals surface area contributed by atoms with E-state index in [1.54, 1.807) is 0 Å². The van der Waals surface area contributed by atoms with E-state index in [9.17, 15) is 21.6 Å². The summed E-state index contributed by atoms with van der Waals surface area (Å²) >= 11 is 0. The van der Waals surface area contributed by atoms with Gasteiger partial charge in [0.2, 0.25) is 10.0 Å². The third kappa shape index (κ3) is 7.76. The van der Waals surface area contributed by atoms with Crippen LogP contribution in [0.15, 0.2) is 24.3 Å². The molecule has 0 aliphatic rings. The lowest BCUT2D eigenvalue weighted by Crippen LogP contribution is -2.27. The summed E-state index contributed by atoms with van der Waals surface area (Å²) in [6.45, 7) is 2.91. The van der Waals surface area contributed by atoms with Gasteiger partial charge in [-0.1, -0.05) is 13.0 Å². The van der Waals surface area contributed by atoms with Gasteiger partial charge in [0.1, 0.15) is 5.75 Å². The Kier molecular flexibility index (Phi) is 6.28. The van der Waals surface area contributed by atoms with Gasteiger partial charge >= 0.3 is 6.36 Å². The first-order chi connectivity index (χ1) is 9.72. The number of sulfonamides is 1. The molecular weight excluding hydrogens is 309 g/mol. The summed E-state index contributed by atoms with van der Waals surface area (Å²) in [6, 6.07) is 4.69. The van der Waals surface area contributed by atoms with Gasteiger partial charge in [-0.15, -0.1) is 13.2 Å². The fourth-order valence-electron chi connectivity index (χ4n) is 1.50. The van der Waals surface area contributed by atoms with Gasteiger partial charge in [0.25, 0.3) is 0 Å². The van der Waals surface area contributed by atoms with Crippen molar-refractivity contribution in [1.29, 1.82) is 0 Å². The Morgan fingerprint density at radius 3 is 2.57 bits per heavy atom. The Morgan fingerprint density at radius 1 is 1.24 bits per heavy atom. The van der Waals surface area contributed by atoms with Crippen molar-refractivity contribution in [2.75, 3.05) is 23.6 Å². The first-order valence-electron chi connectivity index (χ1n) is 6.29. The van der Waals surface area contributed by atoms with Gasteiger partial charge in [0.05, 0.1) is 11.4 Å². The third-order valence-corrected chi connectivity index (χ3v) is 3.60. The van der Waals surface area contributed by atoms with Gasteiger partial charge in [-0.05, 0) is 25.1 Å². The molecule has 0 aliphatic heterocycles. The second-order valence-electron chi connectivity index (χ2n) is 4.25. The van der Waals surface area contributed by atoms with Crippen LogP contribution in [0.5, 0.6) is 5.75 Å². The molecule has 5 nitrogen and oxygen atoms in total. The Hall–Kier alpha value is -1.48. The van der Waals surface area contributed by atoms with Crippen LogP contribution >= 0.6 is 0 Å². The molecule has 1 aromatic carbocycles. The van der Waals surface area contributed by atoms with E-state index in [-0.39, 0.29) is 18.0 Å². The number of alkyl halides is 3. The Labute approximate surface area is 121 Å². The summed E-state index contributed by atoms with van der Waals surface area (Å²) in [4.78, 5) is 0. The van der Waals surface area contributed by atoms with Crippen molar-refractivity contribution >= 4 is 15.7 Å². The lowest BCUT2D eigenvalue weighted by atomic mass is 10.3. The standard InChI is InChI=1S/C12H17F3N2O3S/c1-2-6-16-7-8-21(18,19)17-10-4-3-5-11(9-10)20-12(13,14)15/h3-5,9,16-17H,2,6-8H2,1H3. The van der Waals surface area contributed by atoms with E-state index in [1.165, 1.54) is 12.1 Å². The molecule has 2 N–H and O–H groups in total. The molecule has 0 unspecified atom stereocenters. The largest absolute Gasteiger partial charge is 0.573 e. The summed E-state index contributed by atoms with van der Waals surface area (Å²) in [5.74, 6) is -0.649. The molecule has 0 bridgehead atoms. The van der Waals surface area contributed by atoms with Crippen molar-refractivity contribution < 1.29 is 26.3 Å². The normalized spacial score (nSPS) is 12.2. The molecule has 0 fully saturated rings. The molecule has 21 heavy (non-hydrogen) atoms. The molecule has 0 aromatic heterocycles. The molecule has 0 aliphatic carbocycles. The number of nitrogens with one attached hydrogen (secondary N) is 2. The van der Waals surface area contributed by atoms with Gasteiger partial charge in [-0.2, -0.15) is 0 Å². The number of ether oxygens (including phenoxy) is 1. The zero-order valence-electron chi connectivity index (χ0n) is 11.4. The van der Waals surface area contributed by atoms with Crippen molar-refractivity contribution in [3.63, 3.8) is 0 Å². The highest BCUT2D eigenvalue weighted by atomic mass is 32.2. The average molecular weight is 326 g/mol. The van der Waals surface area contributed by atoms with Crippen LogP contribution in [0.25, 0.3) is 0 Å². The topological polar surface area (TPSA) is 67.4 Å². The van der Waals surface area contributed by atoms with Gasteiger partial charge in [0, 0.05) is 12.6 Å². The number of anilines is 1. The highest BCUT2D eigenvalue weighted by Gasteiger charge is 2.31. The molecule has 120 valence electrons. The van der Waals surface area contributed by atoms with Gasteiger partial charge < -0.3 is 10.1 Å². The van der Waals surface area contributed by atoms with Crippen LogP contribution < -0.4 is 14.8 Å². The van der Waals surface area contributed by atoms with E-state index < -0.39 is 22.1 Å². The van der Waals surface area contributed by atoms with Crippen LogP contribution in [-0.4, -0.2) is 33.6 Å². The van der Waals surface area contributed by atoms with E-state index >= 15 is 0 Å². The molecule has 0 amide bonds. The van der Waals surface area contributed by atoms with E-state index in [2.05, 4.69) is 14.8 Å². The van der Waals surface area contributed by atoms with Gasteiger partial charge in [-0.25, -0.2) is 8.42 Å². The van der Waals surface area contributed by atoms with Crippen molar-refractivity contribution in [1.82, 2.24) is 5.32 Å². The number of benzene rings is 1. The molecule has 0 saturated carbocycles. The average Bonchev–Trinajstić information content (AvgIpc) is 2.32. The first kappa shape index (κ1) is 17.6. The van der Waals surface area contributed by atoms with Crippen LogP contribution in [-0.2, 0) is 10.0 Å². The van der Waals surface area contributed by atoms with E-state index in [0.29, 0.717) is 6.54 Å². The zero-order chi connectivity index (χ0) is 15.9. The van der Waals surface area contributed by atoms with Crippen LogP contribution in [0.3, 0.4) is 0 Å². The van der Waals surface area contributed by atoms with Crippen molar-refractivity contribution in [2.45, 2.75) is 19.7 Å². The smallest absolute Gasteiger partial charge is 0.406 e. The molecule has 0 saturated heterocycles. The summed E-state index contributed by atoms with van der Waals surface area (Å²) in [5, 5.41) is 2.93. The van der Waals surface area contributed by atoms with Crippen LogP contribution in [0, 0.1) is 0 Å². The number of rotatable bonds is 8. The first-order valence-corrected chi connectivity index (χ1v) is 7.94. The lowest BCUT2D eigenvalue weighted by Gasteiger charge is -2.11. The predicted molar refractivity (Wildman–Crippen MR) is 73.7 cm³/mol. The van der Waals surface area contributed by atoms with E-state index in [0.717, 1.165) is 18.6 Å². The minimum atomic E-state index is -4.82. The Bertz CT molecular complexity index is 547. The maximum absolute atomic E-state index is 12.1. The van der Waals surface area contributed by atoms with Crippen LogP contribution in [0.2, 0.25) is 0 Å². The molecule has 0 radical (unpaired) electrons. The molecule has 0 spiro atoms. The third-order valence-electron chi connectivity index (χ3n) is 2.32. The lowest BCUT2D eigenvalue weighted by molar-refractivity contribution is -0.274. The van der Waals surface area contributed by atoms with Gasteiger partial charge in [-0.3, -0.25) is 4.72 Å². The molecule has 9 heteroatoms.